The van der Waals surface area contributed by atoms with E-state index in [4.69, 9.17) is 15.1 Å². The molecule has 1 aliphatic rings. The molecule has 1 aliphatic heterocycles. The highest BCUT2D eigenvalue weighted by atomic mass is 19.1. The summed E-state index contributed by atoms with van der Waals surface area (Å²) in [6, 6.07) is 22.8. The third-order valence-corrected chi connectivity index (χ3v) is 7.11. The average molecular weight is 527 g/mol. The van der Waals surface area contributed by atoms with Gasteiger partial charge in [0.2, 0.25) is 0 Å². The number of carbonyl (C=O) groups is 2. The highest BCUT2D eigenvalue weighted by Crippen LogP contribution is 2.27. The van der Waals surface area contributed by atoms with Crippen molar-refractivity contribution in [1.82, 2.24) is 14.9 Å². The van der Waals surface area contributed by atoms with E-state index < -0.39 is 12.6 Å². The fourth-order valence-corrected chi connectivity index (χ4v) is 4.94. The highest BCUT2D eigenvalue weighted by Gasteiger charge is 2.23. The summed E-state index contributed by atoms with van der Waals surface area (Å²) in [5.41, 5.74) is 5.87. The number of alkyl halides is 1. The van der Waals surface area contributed by atoms with E-state index in [0.717, 1.165) is 30.0 Å². The Morgan fingerprint density at radius 1 is 0.846 bits per heavy atom. The second-order valence-corrected chi connectivity index (χ2v) is 9.77. The fourth-order valence-electron chi connectivity index (χ4n) is 4.94. The third kappa shape index (κ3) is 6.22. The van der Waals surface area contributed by atoms with Crippen molar-refractivity contribution in [3.8, 4) is 11.3 Å². The van der Waals surface area contributed by atoms with Crippen LogP contribution in [0.1, 0.15) is 40.9 Å². The summed E-state index contributed by atoms with van der Waals surface area (Å²) in [6.07, 6.45) is 1.82. The number of para-hydroxylation sites is 1. The van der Waals surface area contributed by atoms with Crippen molar-refractivity contribution in [2.24, 2.45) is 0 Å². The molecule has 5 rings (SSSR count). The van der Waals surface area contributed by atoms with E-state index in [1.54, 1.807) is 24.3 Å². The van der Waals surface area contributed by atoms with E-state index in [9.17, 15) is 14.0 Å². The van der Waals surface area contributed by atoms with Gasteiger partial charge < -0.3 is 14.9 Å². The molecule has 8 heteroatoms. The summed E-state index contributed by atoms with van der Waals surface area (Å²) in [5.74, 6) is -0.852. The van der Waals surface area contributed by atoms with Crippen LogP contribution < -0.4 is 4.90 Å². The molecule has 0 atom stereocenters. The van der Waals surface area contributed by atoms with Gasteiger partial charge >= 0.3 is 5.97 Å². The quantitative estimate of drug-likeness (QED) is 0.289. The van der Waals surface area contributed by atoms with E-state index in [0.29, 0.717) is 60.2 Å². The van der Waals surface area contributed by atoms with Crippen LogP contribution in [-0.4, -0.2) is 58.0 Å². The van der Waals surface area contributed by atoms with E-state index in [1.165, 1.54) is 0 Å². The lowest BCUT2D eigenvalue weighted by Crippen LogP contribution is -2.48. The van der Waals surface area contributed by atoms with E-state index >= 15 is 0 Å². The first-order valence-corrected chi connectivity index (χ1v) is 13.3. The Labute approximate surface area is 226 Å². The van der Waals surface area contributed by atoms with Crippen LogP contribution in [0.4, 0.5) is 10.1 Å². The molecule has 0 radical (unpaired) electrons. The Hall–Kier alpha value is -4.33. The molecule has 1 amide bonds. The number of aryl methyl sites for hydroxylation is 1. The molecular formula is C31H31FN4O3. The van der Waals surface area contributed by atoms with Crippen LogP contribution in [0.25, 0.3) is 22.3 Å². The molecule has 7 nitrogen and oxygen atoms in total. The first-order chi connectivity index (χ1) is 19.0. The number of amides is 1. The van der Waals surface area contributed by atoms with Crippen LogP contribution in [0.5, 0.6) is 0 Å². The maximum absolute atomic E-state index is 13.4. The third-order valence-electron chi connectivity index (χ3n) is 7.11. The molecule has 0 saturated carbocycles. The standard InChI is InChI=1S/C31H31FN4O3/c32-21-22-10-12-23(13-11-22)30-27(8-4-5-9-29(37)38)33-28-20-24(14-15-26(28)34-30)31(39)36-18-16-35(17-19-36)25-6-2-1-3-7-25/h1-3,6-7,10-15,20H,4-5,8-9,16-19,21H2,(H,37,38). The molecule has 0 unspecified atom stereocenters. The normalized spacial score (nSPS) is 13.6. The van der Waals surface area contributed by atoms with E-state index in [1.807, 2.05) is 41.3 Å². The summed E-state index contributed by atoms with van der Waals surface area (Å²) in [5, 5.41) is 9.00. The highest BCUT2D eigenvalue weighted by molar-refractivity contribution is 5.97. The number of benzene rings is 3. The fraction of sp³-hybridized carbons (Fsp3) is 0.290. The SMILES string of the molecule is O=C(O)CCCCc1nc2cc(C(=O)N3CCN(c4ccccc4)CC3)ccc2nc1-c1ccc(CF)cc1. The van der Waals surface area contributed by atoms with Crippen LogP contribution in [0.15, 0.2) is 72.8 Å². The number of aromatic nitrogens is 2. The van der Waals surface area contributed by atoms with Gasteiger partial charge in [-0.25, -0.2) is 14.4 Å². The van der Waals surface area contributed by atoms with Gasteiger partial charge in [-0.1, -0.05) is 42.5 Å². The molecule has 0 aliphatic carbocycles. The van der Waals surface area contributed by atoms with Crippen LogP contribution >= 0.6 is 0 Å². The molecule has 1 fully saturated rings. The molecule has 200 valence electrons. The van der Waals surface area contributed by atoms with Gasteiger partial charge in [-0.3, -0.25) is 9.59 Å². The average Bonchev–Trinajstić information content (AvgIpc) is 2.98. The number of hydrogen-bond acceptors (Lipinski definition) is 5. The van der Waals surface area contributed by atoms with Gasteiger partial charge in [0.1, 0.15) is 6.67 Å². The molecular weight excluding hydrogens is 495 g/mol. The Balaban J connectivity index is 1.38. The van der Waals surface area contributed by atoms with Crippen molar-refractivity contribution >= 4 is 28.6 Å². The number of hydrogen-bond donors (Lipinski definition) is 1. The van der Waals surface area contributed by atoms with Crippen molar-refractivity contribution in [3.05, 3.63) is 89.6 Å². The number of carboxylic acid groups (broad SMARTS) is 1. The second-order valence-electron chi connectivity index (χ2n) is 9.77. The first-order valence-electron chi connectivity index (χ1n) is 13.3. The van der Waals surface area contributed by atoms with Crippen molar-refractivity contribution in [2.75, 3.05) is 31.1 Å². The maximum atomic E-state index is 13.4. The largest absolute Gasteiger partial charge is 0.481 e. The number of carboxylic acids is 1. The summed E-state index contributed by atoms with van der Waals surface area (Å²) < 4.78 is 13.0. The number of rotatable bonds is 9. The number of halogens is 1. The van der Waals surface area contributed by atoms with Crippen molar-refractivity contribution < 1.29 is 19.1 Å². The topological polar surface area (TPSA) is 86.6 Å². The Morgan fingerprint density at radius 3 is 2.28 bits per heavy atom. The van der Waals surface area contributed by atoms with Crippen molar-refractivity contribution in [3.63, 3.8) is 0 Å². The maximum Gasteiger partial charge on any atom is 0.303 e. The summed E-state index contributed by atoms with van der Waals surface area (Å²) in [6.45, 7) is 2.28. The lowest BCUT2D eigenvalue weighted by Gasteiger charge is -2.36. The Bertz CT molecular complexity index is 1450. The van der Waals surface area contributed by atoms with Gasteiger partial charge in [0.15, 0.2) is 0 Å². The number of aliphatic carboxylic acids is 1. The molecule has 0 spiro atoms. The second kappa shape index (κ2) is 12.0. The molecule has 39 heavy (non-hydrogen) atoms. The molecule has 3 aromatic carbocycles. The molecule has 1 N–H and O–H groups in total. The van der Waals surface area contributed by atoms with E-state index in [2.05, 4.69) is 17.0 Å². The predicted molar refractivity (Wildman–Crippen MR) is 150 cm³/mol. The molecule has 4 aromatic rings. The smallest absolute Gasteiger partial charge is 0.303 e. The minimum atomic E-state index is -0.825. The van der Waals surface area contributed by atoms with Gasteiger partial charge in [0, 0.05) is 49.4 Å². The summed E-state index contributed by atoms with van der Waals surface area (Å²) >= 11 is 0. The summed E-state index contributed by atoms with van der Waals surface area (Å²) in [4.78, 5) is 38.2. The number of nitrogens with zero attached hydrogens (tertiary/aromatic N) is 4. The zero-order valence-corrected chi connectivity index (χ0v) is 21.7. The number of anilines is 1. The minimum absolute atomic E-state index is 0.0275. The van der Waals surface area contributed by atoms with Crippen LogP contribution in [-0.2, 0) is 17.9 Å². The summed E-state index contributed by atoms with van der Waals surface area (Å²) in [7, 11) is 0. The molecule has 0 bridgehead atoms. The zero-order chi connectivity index (χ0) is 27.2. The number of unbranched alkanes of at least 4 members (excludes halogenated alkanes) is 1. The van der Waals surface area contributed by atoms with Gasteiger partial charge in [0.25, 0.3) is 5.91 Å². The molecule has 1 aromatic heterocycles. The number of fused-ring (bicyclic) bond motifs is 1. The Morgan fingerprint density at radius 2 is 1.59 bits per heavy atom. The Kier molecular flexibility index (Phi) is 8.10. The number of piperazine rings is 1. The molecule has 2 heterocycles. The van der Waals surface area contributed by atoms with Crippen molar-refractivity contribution in [1.29, 1.82) is 0 Å². The van der Waals surface area contributed by atoms with Crippen LogP contribution in [0, 0.1) is 0 Å². The van der Waals surface area contributed by atoms with Crippen molar-refractivity contribution in [2.45, 2.75) is 32.4 Å². The predicted octanol–water partition coefficient (Wildman–Crippen LogP) is 5.53. The van der Waals surface area contributed by atoms with Gasteiger partial charge in [-0.15, -0.1) is 0 Å². The zero-order valence-electron chi connectivity index (χ0n) is 21.7. The monoisotopic (exact) mass is 526 g/mol. The van der Waals surface area contributed by atoms with Gasteiger partial charge in [0.05, 0.1) is 22.4 Å². The lowest BCUT2D eigenvalue weighted by molar-refractivity contribution is -0.137. The number of carbonyl (C=O) groups excluding carboxylic acids is 1. The molecule has 1 saturated heterocycles. The minimum Gasteiger partial charge on any atom is -0.481 e. The van der Waals surface area contributed by atoms with Gasteiger partial charge in [-0.2, -0.15) is 0 Å². The van der Waals surface area contributed by atoms with Gasteiger partial charge in [-0.05, 0) is 55.2 Å². The van der Waals surface area contributed by atoms with E-state index in [-0.39, 0.29) is 12.3 Å². The van der Waals surface area contributed by atoms with Crippen LogP contribution in [0.2, 0.25) is 0 Å². The first kappa shape index (κ1) is 26.3. The van der Waals surface area contributed by atoms with Crippen LogP contribution in [0.3, 0.4) is 0 Å². The lowest BCUT2D eigenvalue weighted by atomic mass is 10.0.